The van der Waals surface area contributed by atoms with Crippen molar-refractivity contribution in [1.29, 1.82) is 0 Å². The molecule has 0 aliphatic heterocycles. The maximum absolute atomic E-state index is 13.8. The maximum atomic E-state index is 13.8. The topological polar surface area (TPSA) is 132 Å². The SMILES string of the molecule is C[C@H](C(=O)O)[C@@H](C)n1c(=O)[nH]/c(=N\c2ccc(Oc3ncccc3F)cc2)n(Cc2ccc(Cl)cc2)c1=O. The van der Waals surface area contributed by atoms with E-state index in [1.165, 1.54) is 48.9 Å². The van der Waals surface area contributed by atoms with E-state index in [-0.39, 0.29) is 18.0 Å². The number of pyridine rings is 1. The standard InChI is InChI=1S/C26H23ClFN5O5/c1-15(23(34)35)16(2)33-25(36)31-24(32(26(33)37)14-17-5-7-18(27)8-6-17)30-19-9-11-20(12-10-19)38-22-21(28)4-3-13-29-22/h3-13,15-16H,14H2,1-2H3,(H,34,35)(H,30,31,36)/t15-,16+/m0/s1. The average Bonchev–Trinajstić information content (AvgIpc) is 2.89. The zero-order chi connectivity index (χ0) is 27.4. The third-order valence-electron chi connectivity index (χ3n) is 5.92. The Balaban J connectivity index is 1.78. The normalized spacial score (nSPS) is 13.2. The predicted molar refractivity (Wildman–Crippen MR) is 137 cm³/mol. The van der Waals surface area contributed by atoms with Crippen LogP contribution in [0.1, 0.15) is 25.5 Å². The second kappa shape index (κ2) is 11.3. The van der Waals surface area contributed by atoms with Crippen molar-refractivity contribution in [1.82, 2.24) is 19.1 Å². The van der Waals surface area contributed by atoms with E-state index in [0.29, 0.717) is 22.0 Å². The number of carboxylic acids is 1. The number of aromatic nitrogens is 4. The van der Waals surface area contributed by atoms with Gasteiger partial charge in [0.15, 0.2) is 5.82 Å². The summed E-state index contributed by atoms with van der Waals surface area (Å²) in [4.78, 5) is 48.8. The van der Waals surface area contributed by atoms with Gasteiger partial charge in [0.25, 0.3) is 5.88 Å². The van der Waals surface area contributed by atoms with Gasteiger partial charge in [-0.15, -0.1) is 0 Å². The van der Waals surface area contributed by atoms with Crippen LogP contribution in [-0.2, 0) is 11.3 Å². The largest absolute Gasteiger partial charge is 0.481 e. The zero-order valence-electron chi connectivity index (χ0n) is 20.3. The number of halogens is 2. The van der Waals surface area contributed by atoms with Gasteiger partial charge in [-0.05, 0) is 67.9 Å². The first-order chi connectivity index (χ1) is 18.1. The number of hydrogen-bond donors (Lipinski definition) is 2. The Kier molecular flexibility index (Phi) is 7.87. The first-order valence-electron chi connectivity index (χ1n) is 11.5. The lowest BCUT2D eigenvalue weighted by Gasteiger charge is -2.19. The van der Waals surface area contributed by atoms with E-state index in [4.69, 9.17) is 16.3 Å². The average molecular weight is 540 g/mol. The van der Waals surface area contributed by atoms with Crippen molar-refractivity contribution in [3.8, 4) is 11.6 Å². The molecule has 4 aromatic rings. The fraction of sp³-hybridized carbons (Fsp3) is 0.192. The number of H-pyrrole nitrogens is 1. The lowest BCUT2D eigenvalue weighted by Crippen LogP contribution is -2.52. The van der Waals surface area contributed by atoms with Gasteiger partial charge < -0.3 is 9.84 Å². The third-order valence-corrected chi connectivity index (χ3v) is 6.17. The smallest absolute Gasteiger partial charge is 0.335 e. The highest BCUT2D eigenvalue weighted by molar-refractivity contribution is 6.30. The molecule has 2 N–H and O–H groups in total. The minimum absolute atomic E-state index is 0.0277. The Hall–Kier alpha value is -4.51. The highest BCUT2D eigenvalue weighted by Crippen LogP contribution is 2.24. The number of benzene rings is 2. The Morgan fingerprint density at radius 1 is 1.13 bits per heavy atom. The molecule has 0 fully saturated rings. The molecule has 0 saturated carbocycles. The quantitative estimate of drug-likeness (QED) is 0.349. The molecule has 2 aromatic heterocycles. The van der Waals surface area contributed by atoms with Crippen LogP contribution in [0.5, 0.6) is 11.6 Å². The summed E-state index contributed by atoms with van der Waals surface area (Å²) in [6.07, 6.45) is 1.40. The van der Waals surface area contributed by atoms with E-state index in [9.17, 15) is 23.9 Å². The lowest BCUT2D eigenvalue weighted by molar-refractivity contribution is -0.142. The number of aliphatic carboxylic acids is 1. The maximum Gasteiger partial charge on any atom is 0.335 e. The van der Waals surface area contributed by atoms with Gasteiger partial charge in [0, 0.05) is 11.2 Å². The fourth-order valence-electron chi connectivity index (χ4n) is 3.59. The molecule has 0 unspecified atom stereocenters. The molecule has 12 heteroatoms. The fourth-order valence-corrected chi connectivity index (χ4v) is 3.72. The van der Waals surface area contributed by atoms with Gasteiger partial charge >= 0.3 is 17.3 Å². The third kappa shape index (κ3) is 5.89. The number of carbonyl (C=O) groups is 1. The Bertz CT molecular complexity index is 1650. The summed E-state index contributed by atoms with van der Waals surface area (Å²) in [5.74, 6) is -2.65. The van der Waals surface area contributed by atoms with Crippen LogP contribution in [0, 0.1) is 11.7 Å². The number of ether oxygens (including phenoxy) is 1. The minimum Gasteiger partial charge on any atom is -0.481 e. The van der Waals surface area contributed by atoms with Gasteiger partial charge in [-0.25, -0.2) is 28.5 Å². The molecular formula is C26H23ClFN5O5. The summed E-state index contributed by atoms with van der Waals surface area (Å²) < 4.78 is 21.4. The number of aromatic amines is 1. The van der Waals surface area contributed by atoms with E-state index >= 15 is 0 Å². The number of hydrogen-bond acceptors (Lipinski definition) is 6. The van der Waals surface area contributed by atoms with E-state index in [1.807, 2.05) is 0 Å². The van der Waals surface area contributed by atoms with Crippen LogP contribution in [0.25, 0.3) is 0 Å². The van der Waals surface area contributed by atoms with Crippen molar-refractivity contribution >= 4 is 23.3 Å². The Labute approximate surface area is 220 Å². The van der Waals surface area contributed by atoms with Gasteiger partial charge in [0.2, 0.25) is 5.62 Å². The van der Waals surface area contributed by atoms with Gasteiger partial charge in [-0.3, -0.25) is 14.3 Å². The number of carboxylic acid groups (broad SMARTS) is 1. The lowest BCUT2D eigenvalue weighted by atomic mass is 10.0. The molecule has 0 bridgehead atoms. The molecule has 0 radical (unpaired) electrons. The van der Waals surface area contributed by atoms with E-state index in [0.717, 1.165) is 4.57 Å². The number of rotatable bonds is 8. The molecule has 2 atom stereocenters. The van der Waals surface area contributed by atoms with Gasteiger partial charge in [0.05, 0.1) is 24.2 Å². The molecule has 10 nitrogen and oxygen atoms in total. The molecule has 38 heavy (non-hydrogen) atoms. The van der Waals surface area contributed by atoms with Crippen LogP contribution in [-0.4, -0.2) is 30.2 Å². The molecule has 4 rings (SSSR count). The highest BCUT2D eigenvalue weighted by atomic mass is 35.5. The molecule has 0 amide bonds. The number of nitrogens with zero attached hydrogens (tertiary/aromatic N) is 4. The molecule has 0 saturated heterocycles. The van der Waals surface area contributed by atoms with Crippen LogP contribution in [0.3, 0.4) is 0 Å². The summed E-state index contributed by atoms with van der Waals surface area (Å²) in [6, 6.07) is 14.7. The molecule has 0 aliphatic carbocycles. The molecule has 0 aliphatic rings. The Morgan fingerprint density at radius 2 is 1.82 bits per heavy atom. The molecular weight excluding hydrogens is 517 g/mol. The molecule has 2 aromatic carbocycles. The van der Waals surface area contributed by atoms with Crippen LogP contribution in [0.2, 0.25) is 5.02 Å². The highest BCUT2D eigenvalue weighted by Gasteiger charge is 2.25. The molecule has 196 valence electrons. The van der Waals surface area contributed by atoms with E-state index in [2.05, 4.69) is 15.0 Å². The van der Waals surface area contributed by atoms with Crippen LogP contribution in [0.15, 0.2) is 81.4 Å². The summed E-state index contributed by atoms with van der Waals surface area (Å²) in [5, 5.41) is 9.92. The Morgan fingerprint density at radius 3 is 2.45 bits per heavy atom. The van der Waals surface area contributed by atoms with Crippen molar-refractivity contribution in [2.75, 3.05) is 0 Å². The van der Waals surface area contributed by atoms with Crippen LogP contribution in [0.4, 0.5) is 10.1 Å². The van der Waals surface area contributed by atoms with E-state index < -0.39 is 35.1 Å². The summed E-state index contributed by atoms with van der Waals surface area (Å²) in [7, 11) is 0. The van der Waals surface area contributed by atoms with Gasteiger partial charge in [-0.2, -0.15) is 0 Å². The second-order valence-corrected chi connectivity index (χ2v) is 8.92. The monoisotopic (exact) mass is 539 g/mol. The molecule has 0 spiro atoms. The summed E-state index contributed by atoms with van der Waals surface area (Å²) in [6.45, 7) is 2.93. The number of nitrogens with one attached hydrogen (secondary N) is 1. The van der Waals surface area contributed by atoms with Crippen LogP contribution < -0.4 is 21.7 Å². The van der Waals surface area contributed by atoms with Crippen LogP contribution >= 0.6 is 11.6 Å². The van der Waals surface area contributed by atoms with Crippen molar-refractivity contribution in [3.05, 3.63) is 110 Å². The second-order valence-electron chi connectivity index (χ2n) is 8.48. The first kappa shape index (κ1) is 26.6. The first-order valence-corrected chi connectivity index (χ1v) is 11.9. The van der Waals surface area contributed by atoms with Crippen molar-refractivity contribution in [3.63, 3.8) is 0 Å². The van der Waals surface area contributed by atoms with Crippen molar-refractivity contribution in [2.24, 2.45) is 10.9 Å². The van der Waals surface area contributed by atoms with Gasteiger partial charge in [-0.1, -0.05) is 23.7 Å². The summed E-state index contributed by atoms with van der Waals surface area (Å²) in [5.41, 5.74) is -0.512. The summed E-state index contributed by atoms with van der Waals surface area (Å²) >= 11 is 5.98. The van der Waals surface area contributed by atoms with E-state index in [1.54, 1.807) is 36.4 Å². The molecule has 2 heterocycles. The zero-order valence-corrected chi connectivity index (χ0v) is 21.1. The van der Waals surface area contributed by atoms with Crippen molar-refractivity contribution < 1.29 is 19.0 Å². The predicted octanol–water partition coefficient (Wildman–Crippen LogP) is 3.88. The minimum atomic E-state index is -1.14. The van der Waals surface area contributed by atoms with Crippen molar-refractivity contribution in [2.45, 2.75) is 26.4 Å². The van der Waals surface area contributed by atoms with Gasteiger partial charge in [0.1, 0.15) is 5.75 Å².